The minimum atomic E-state index is 0.419. The first-order valence-corrected chi connectivity index (χ1v) is 11.7. The number of aromatic nitrogens is 6. The lowest BCUT2D eigenvalue weighted by Crippen LogP contribution is -2.02. The fraction of sp³-hybridized carbons (Fsp3) is 0.111. The quantitative estimate of drug-likeness (QED) is 0.305. The molecule has 0 bridgehead atoms. The zero-order chi connectivity index (χ0) is 25.2. The number of fused-ring (bicyclic) bond motifs is 2. The number of nitrogens with zero attached hydrogens (tertiary/aromatic N) is 6. The van der Waals surface area contributed by atoms with Crippen molar-refractivity contribution in [2.75, 3.05) is 24.9 Å². The summed E-state index contributed by atoms with van der Waals surface area (Å²) in [6.45, 7) is 0.690. The summed E-state index contributed by atoms with van der Waals surface area (Å²) in [4.78, 5) is 9.17. The SMILES string of the molecule is COc1cc(Nc2nc3c(Nc4ccc5cnn(Cc6ccccc6)c5c4)nccn3n2)cc(OC)c1. The fourth-order valence-electron chi connectivity index (χ4n) is 4.13. The second-order valence-corrected chi connectivity index (χ2v) is 8.39. The van der Waals surface area contributed by atoms with Crippen LogP contribution in [0.4, 0.5) is 23.1 Å². The lowest BCUT2D eigenvalue weighted by molar-refractivity contribution is 0.395. The van der Waals surface area contributed by atoms with Crippen molar-refractivity contribution >= 4 is 39.7 Å². The highest BCUT2D eigenvalue weighted by Gasteiger charge is 2.12. The van der Waals surface area contributed by atoms with Crippen LogP contribution in [-0.2, 0) is 6.54 Å². The van der Waals surface area contributed by atoms with E-state index in [1.807, 2.05) is 53.3 Å². The Bertz CT molecular complexity index is 1670. The van der Waals surface area contributed by atoms with Gasteiger partial charge in [-0.05, 0) is 23.8 Å². The number of hydrogen-bond acceptors (Lipinski definition) is 8. The zero-order valence-electron chi connectivity index (χ0n) is 20.3. The predicted octanol–water partition coefficient (Wildman–Crippen LogP) is 5.03. The van der Waals surface area contributed by atoms with Gasteiger partial charge >= 0.3 is 0 Å². The van der Waals surface area contributed by atoms with Crippen LogP contribution in [0.5, 0.6) is 11.5 Å². The molecule has 0 aliphatic carbocycles. The van der Waals surface area contributed by atoms with Gasteiger partial charge in [0.15, 0.2) is 5.82 Å². The summed E-state index contributed by atoms with van der Waals surface area (Å²) >= 11 is 0. The Kier molecular flexibility index (Phi) is 5.74. The van der Waals surface area contributed by atoms with Crippen molar-refractivity contribution in [2.24, 2.45) is 0 Å². The number of anilines is 4. The van der Waals surface area contributed by atoms with E-state index in [4.69, 9.17) is 9.47 Å². The molecule has 3 aromatic heterocycles. The molecule has 3 heterocycles. The molecule has 0 radical (unpaired) electrons. The Labute approximate surface area is 212 Å². The average molecular weight is 493 g/mol. The molecule has 0 aliphatic rings. The molecular formula is C27H24N8O2. The van der Waals surface area contributed by atoms with E-state index in [9.17, 15) is 0 Å². The third-order valence-corrected chi connectivity index (χ3v) is 5.94. The van der Waals surface area contributed by atoms with E-state index in [1.54, 1.807) is 37.2 Å². The molecule has 10 nitrogen and oxygen atoms in total. The van der Waals surface area contributed by atoms with E-state index in [0.717, 1.165) is 22.3 Å². The molecule has 6 rings (SSSR count). The number of methoxy groups -OCH3 is 2. The van der Waals surface area contributed by atoms with Crippen LogP contribution in [0.2, 0.25) is 0 Å². The van der Waals surface area contributed by atoms with Crippen molar-refractivity contribution in [3.05, 3.63) is 90.9 Å². The minimum Gasteiger partial charge on any atom is -0.497 e. The fourth-order valence-corrected chi connectivity index (χ4v) is 4.13. The maximum absolute atomic E-state index is 5.35. The number of nitrogens with one attached hydrogen (secondary N) is 2. The van der Waals surface area contributed by atoms with Crippen LogP contribution >= 0.6 is 0 Å². The van der Waals surface area contributed by atoms with Crippen molar-refractivity contribution in [3.8, 4) is 11.5 Å². The van der Waals surface area contributed by atoms with Gasteiger partial charge in [-0.3, -0.25) is 4.68 Å². The standard InChI is InChI=1S/C27H24N8O2/c1-36-22-12-21(13-23(15-22)37-2)31-27-32-26-25(28-10-11-34(26)33-27)30-20-9-8-19-16-29-35(24(19)14-20)17-18-6-4-3-5-7-18/h3-16H,17H2,1-2H3,(H,28,30)(H,31,33). The molecule has 6 aromatic rings. The van der Waals surface area contributed by atoms with Crippen molar-refractivity contribution < 1.29 is 9.47 Å². The summed E-state index contributed by atoms with van der Waals surface area (Å²) in [7, 11) is 3.22. The molecule has 0 saturated heterocycles. The van der Waals surface area contributed by atoms with Gasteiger partial charge in [0, 0.05) is 47.4 Å². The largest absolute Gasteiger partial charge is 0.497 e. The molecule has 0 amide bonds. The Hall–Kier alpha value is -5.12. The van der Waals surface area contributed by atoms with Crippen LogP contribution in [-0.4, -0.2) is 43.6 Å². The van der Waals surface area contributed by atoms with E-state index in [0.29, 0.717) is 35.5 Å². The smallest absolute Gasteiger partial charge is 0.247 e. The first kappa shape index (κ1) is 22.4. The molecule has 10 heteroatoms. The van der Waals surface area contributed by atoms with Gasteiger partial charge < -0.3 is 20.1 Å². The minimum absolute atomic E-state index is 0.419. The molecule has 0 atom stereocenters. The molecular weight excluding hydrogens is 468 g/mol. The van der Waals surface area contributed by atoms with Crippen LogP contribution in [0, 0.1) is 0 Å². The third kappa shape index (κ3) is 4.59. The van der Waals surface area contributed by atoms with Crippen LogP contribution < -0.4 is 20.1 Å². The molecule has 0 saturated carbocycles. The van der Waals surface area contributed by atoms with Gasteiger partial charge in [-0.2, -0.15) is 10.1 Å². The van der Waals surface area contributed by atoms with E-state index >= 15 is 0 Å². The highest BCUT2D eigenvalue weighted by molar-refractivity contribution is 5.84. The summed E-state index contributed by atoms with van der Waals surface area (Å²) in [6, 6.07) is 21.9. The van der Waals surface area contributed by atoms with Crippen LogP contribution in [0.1, 0.15) is 5.56 Å². The van der Waals surface area contributed by atoms with Gasteiger partial charge in [0.25, 0.3) is 0 Å². The molecule has 0 fully saturated rings. The maximum atomic E-state index is 5.35. The second kappa shape index (κ2) is 9.50. The van der Waals surface area contributed by atoms with Gasteiger partial charge in [-0.1, -0.05) is 30.3 Å². The van der Waals surface area contributed by atoms with E-state index in [-0.39, 0.29) is 0 Å². The Morgan fingerprint density at radius 2 is 1.68 bits per heavy atom. The predicted molar refractivity (Wildman–Crippen MR) is 142 cm³/mol. The molecule has 184 valence electrons. The van der Waals surface area contributed by atoms with Gasteiger partial charge in [-0.15, -0.1) is 5.10 Å². The van der Waals surface area contributed by atoms with Crippen LogP contribution in [0.3, 0.4) is 0 Å². The maximum Gasteiger partial charge on any atom is 0.247 e. The summed E-state index contributed by atoms with van der Waals surface area (Å²) in [6.07, 6.45) is 5.31. The van der Waals surface area contributed by atoms with Crippen molar-refractivity contribution in [3.63, 3.8) is 0 Å². The Morgan fingerprint density at radius 3 is 2.46 bits per heavy atom. The van der Waals surface area contributed by atoms with Gasteiger partial charge in [0.1, 0.15) is 11.5 Å². The van der Waals surface area contributed by atoms with E-state index in [2.05, 4.69) is 49.0 Å². The van der Waals surface area contributed by atoms with E-state index < -0.39 is 0 Å². The molecule has 2 N–H and O–H groups in total. The number of hydrogen-bond donors (Lipinski definition) is 2. The highest BCUT2D eigenvalue weighted by atomic mass is 16.5. The Balaban J connectivity index is 1.28. The van der Waals surface area contributed by atoms with Crippen molar-refractivity contribution in [1.82, 2.24) is 29.4 Å². The topological polar surface area (TPSA) is 103 Å². The zero-order valence-corrected chi connectivity index (χ0v) is 20.3. The summed E-state index contributed by atoms with van der Waals surface area (Å²) in [5, 5.41) is 16.8. The normalized spacial score (nSPS) is 11.1. The highest BCUT2D eigenvalue weighted by Crippen LogP contribution is 2.28. The van der Waals surface area contributed by atoms with Crippen molar-refractivity contribution in [1.29, 1.82) is 0 Å². The molecule has 0 spiro atoms. The van der Waals surface area contributed by atoms with Crippen LogP contribution in [0.25, 0.3) is 16.6 Å². The van der Waals surface area contributed by atoms with Gasteiger partial charge in [0.05, 0.1) is 32.5 Å². The molecule has 0 aliphatic heterocycles. The number of rotatable bonds is 8. The first-order chi connectivity index (χ1) is 18.2. The molecule has 0 unspecified atom stereocenters. The molecule has 3 aromatic carbocycles. The lowest BCUT2D eigenvalue weighted by atomic mass is 10.2. The summed E-state index contributed by atoms with van der Waals surface area (Å²) in [5.74, 6) is 2.33. The Morgan fingerprint density at radius 1 is 0.865 bits per heavy atom. The van der Waals surface area contributed by atoms with Gasteiger partial charge in [0.2, 0.25) is 11.6 Å². The van der Waals surface area contributed by atoms with Gasteiger partial charge in [-0.25, -0.2) is 9.50 Å². The lowest BCUT2D eigenvalue weighted by Gasteiger charge is -2.08. The van der Waals surface area contributed by atoms with Crippen LogP contribution in [0.15, 0.2) is 85.3 Å². The third-order valence-electron chi connectivity index (χ3n) is 5.94. The number of benzene rings is 3. The first-order valence-electron chi connectivity index (χ1n) is 11.7. The second-order valence-electron chi connectivity index (χ2n) is 8.39. The monoisotopic (exact) mass is 492 g/mol. The summed E-state index contributed by atoms with van der Waals surface area (Å²) in [5.41, 5.74) is 4.41. The molecule has 37 heavy (non-hydrogen) atoms. The number of ether oxygens (including phenoxy) is 2. The van der Waals surface area contributed by atoms with Crippen molar-refractivity contribution in [2.45, 2.75) is 6.54 Å². The summed E-state index contributed by atoms with van der Waals surface area (Å²) < 4.78 is 14.4. The van der Waals surface area contributed by atoms with E-state index in [1.165, 1.54) is 5.56 Å². The average Bonchev–Trinajstić information content (AvgIpc) is 3.53.